The maximum absolute atomic E-state index is 13.6. The van der Waals surface area contributed by atoms with Gasteiger partial charge < -0.3 is 0 Å². The van der Waals surface area contributed by atoms with Crippen LogP contribution in [0.2, 0.25) is 0 Å². The van der Waals surface area contributed by atoms with E-state index in [0.29, 0.717) is 30.2 Å². The molecule has 12 heteroatoms. The van der Waals surface area contributed by atoms with Crippen molar-refractivity contribution in [3.05, 3.63) is 71.4 Å². The predicted molar refractivity (Wildman–Crippen MR) is 141 cm³/mol. The quantitative estimate of drug-likeness (QED) is 0.307. The molecule has 1 saturated heterocycles. The number of rotatable bonds is 6. The minimum Gasteiger partial charge on any atom is -0.293 e. The van der Waals surface area contributed by atoms with Gasteiger partial charge >= 0.3 is 6.18 Å². The van der Waals surface area contributed by atoms with Crippen LogP contribution in [0.3, 0.4) is 0 Å². The predicted octanol–water partition coefficient (Wildman–Crippen LogP) is 5.09. The smallest absolute Gasteiger partial charge is 0.293 e. The lowest BCUT2D eigenvalue weighted by molar-refractivity contribution is -0.176. The fourth-order valence-electron chi connectivity index (χ4n) is 5.05. The van der Waals surface area contributed by atoms with Crippen LogP contribution in [0.4, 0.5) is 17.6 Å². The average molecular weight is 563 g/mol. The Labute approximate surface area is 226 Å². The second-order valence-electron chi connectivity index (χ2n) is 10.1. The van der Waals surface area contributed by atoms with Gasteiger partial charge in [0.05, 0.1) is 40.1 Å². The summed E-state index contributed by atoms with van der Waals surface area (Å²) >= 11 is 0. The molecule has 1 aliphatic heterocycles. The van der Waals surface area contributed by atoms with E-state index in [-0.39, 0.29) is 12.4 Å². The number of aromatic nitrogens is 4. The molecule has 5 rings (SSSR count). The fourth-order valence-corrected chi connectivity index (χ4v) is 6.37. The Hall–Kier alpha value is -3.09. The Morgan fingerprint density at radius 1 is 1.08 bits per heavy atom. The molecular weight excluding hydrogens is 532 g/mol. The minimum absolute atomic E-state index is 0.160. The maximum atomic E-state index is 13.6. The van der Waals surface area contributed by atoms with E-state index < -0.39 is 29.1 Å². The molecule has 3 heterocycles. The first-order valence-corrected chi connectivity index (χ1v) is 13.7. The molecule has 1 fully saturated rings. The van der Waals surface area contributed by atoms with E-state index in [9.17, 15) is 21.8 Å². The number of halogens is 4. The second-order valence-corrected chi connectivity index (χ2v) is 11.6. The molecule has 39 heavy (non-hydrogen) atoms. The van der Waals surface area contributed by atoms with Gasteiger partial charge in [-0.15, -0.1) is 0 Å². The second kappa shape index (κ2) is 10.5. The molecule has 0 radical (unpaired) electrons. The molecule has 0 aliphatic carbocycles. The van der Waals surface area contributed by atoms with Gasteiger partial charge in [0, 0.05) is 44.7 Å². The van der Waals surface area contributed by atoms with Crippen LogP contribution in [0, 0.1) is 25.6 Å². The Bertz CT molecular complexity index is 1510. The third kappa shape index (κ3) is 5.37. The van der Waals surface area contributed by atoms with Crippen molar-refractivity contribution < 1.29 is 21.8 Å². The van der Waals surface area contributed by atoms with Gasteiger partial charge in [-0.1, -0.05) is 6.92 Å². The number of alkyl halides is 3. The first-order valence-electron chi connectivity index (χ1n) is 12.6. The van der Waals surface area contributed by atoms with Gasteiger partial charge in [0.25, 0.3) is 0 Å². The van der Waals surface area contributed by atoms with E-state index in [2.05, 4.69) is 10.2 Å². The van der Waals surface area contributed by atoms with E-state index in [4.69, 9.17) is 0 Å². The van der Waals surface area contributed by atoms with E-state index >= 15 is 0 Å². The van der Waals surface area contributed by atoms with E-state index in [1.807, 2.05) is 35.2 Å². The fraction of sp³-hybridized carbons (Fsp3) is 0.407. The molecule has 7 nitrogen and oxygen atoms in total. The van der Waals surface area contributed by atoms with Crippen LogP contribution < -0.4 is 0 Å². The van der Waals surface area contributed by atoms with Gasteiger partial charge in [-0.2, -0.15) is 23.4 Å². The average Bonchev–Trinajstić information content (AvgIpc) is 3.45. The molecule has 2 aromatic carbocycles. The lowest BCUT2D eigenvalue weighted by atomic mass is 9.95. The van der Waals surface area contributed by atoms with Gasteiger partial charge in [-0.05, 0) is 61.4 Å². The van der Waals surface area contributed by atoms with Crippen LogP contribution in [-0.4, -0.2) is 65.3 Å². The first-order chi connectivity index (χ1) is 18.4. The van der Waals surface area contributed by atoms with Crippen LogP contribution in [0.5, 0.6) is 0 Å². The third-order valence-corrected chi connectivity index (χ3v) is 9.10. The maximum Gasteiger partial charge on any atom is 0.392 e. The lowest BCUT2D eigenvalue weighted by Gasteiger charge is -2.42. The summed E-state index contributed by atoms with van der Waals surface area (Å²) in [4.78, 5) is 2.45. The monoisotopic (exact) mass is 562 g/mol. The van der Waals surface area contributed by atoms with Gasteiger partial charge in [0.15, 0.2) is 0 Å². The minimum atomic E-state index is -4.31. The summed E-state index contributed by atoms with van der Waals surface area (Å²) in [5, 5.41) is 9.49. The summed E-state index contributed by atoms with van der Waals surface area (Å²) < 4.78 is 72.8. The molecule has 0 saturated carbocycles. The third-order valence-electron chi connectivity index (χ3n) is 7.52. The highest BCUT2D eigenvalue weighted by Gasteiger charge is 2.40. The van der Waals surface area contributed by atoms with Crippen LogP contribution in [0.15, 0.2) is 53.7 Å². The Balaban J connectivity index is 1.52. The Kier molecular flexibility index (Phi) is 7.38. The van der Waals surface area contributed by atoms with E-state index in [1.165, 1.54) is 19.1 Å². The van der Waals surface area contributed by atoms with Crippen LogP contribution >= 0.6 is 0 Å². The van der Waals surface area contributed by atoms with Crippen molar-refractivity contribution in [1.29, 1.82) is 0 Å². The van der Waals surface area contributed by atoms with E-state index in [1.54, 1.807) is 40.9 Å². The molecule has 3 unspecified atom stereocenters. The van der Waals surface area contributed by atoms with Gasteiger partial charge in [0.2, 0.25) is 0 Å². The zero-order valence-corrected chi connectivity index (χ0v) is 22.9. The van der Waals surface area contributed by atoms with E-state index in [0.717, 1.165) is 27.7 Å². The van der Waals surface area contributed by atoms with Crippen molar-refractivity contribution in [2.45, 2.75) is 37.9 Å². The summed E-state index contributed by atoms with van der Waals surface area (Å²) in [5.74, 6) is -1.86. The van der Waals surface area contributed by atoms with Crippen molar-refractivity contribution >= 4 is 21.9 Å². The number of hydrogen-bond acceptors (Lipinski definition) is 4. The van der Waals surface area contributed by atoms with Crippen molar-refractivity contribution in [1.82, 2.24) is 28.8 Å². The number of nitrogens with zero attached hydrogens (tertiary/aromatic N) is 6. The number of hydrogen-bond donors (Lipinski definition) is 0. The highest BCUT2D eigenvalue weighted by molar-refractivity contribution is 7.82. The molecule has 0 bridgehead atoms. The summed E-state index contributed by atoms with van der Waals surface area (Å²) in [7, 11) is 0.275. The van der Waals surface area contributed by atoms with Gasteiger partial charge in [0.1, 0.15) is 16.8 Å². The largest absolute Gasteiger partial charge is 0.392 e. The van der Waals surface area contributed by atoms with Crippen molar-refractivity contribution in [3.8, 4) is 5.69 Å². The molecule has 0 amide bonds. The van der Waals surface area contributed by atoms with Crippen LogP contribution in [-0.2, 0) is 18.0 Å². The molecular formula is C27H30F4N6OS. The van der Waals surface area contributed by atoms with Crippen molar-refractivity contribution in [2.24, 2.45) is 13.0 Å². The number of benzene rings is 2. The summed E-state index contributed by atoms with van der Waals surface area (Å²) in [5.41, 5.74) is 4.03. The van der Waals surface area contributed by atoms with Gasteiger partial charge in [-0.25, -0.2) is 17.6 Å². The van der Waals surface area contributed by atoms with Crippen molar-refractivity contribution in [2.75, 3.05) is 26.2 Å². The van der Waals surface area contributed by atoms with Crippen LogP contribution in [0.25, 0.3) is 16.6 Å². The number of piperazine rings is 1. The highest BCUT2D eigenvalue weighted by atomic mass is 32.2. The zero-order valence-electron chi connectivity index (χ0n) is 22.1. The SMILES string of the molecule is Cc1cc2c(cnn2-c2ccc(F)cc2)cc1C1CN(S(=O)c2cnn(C)c2C)CCN1CC(C)C(F)(F)F. The molecule has 3 atom stereocenters. The van der Waals surface area contributed by atoms with Crippen LogP contribution in [0.1, 0.15) is 29.8 Å². The molecule has 208 valence electrons. The summed E-state index contributed by atoms with van der Waals surface area (Å²) in [6.07, 6.45) is -1.03. The number of fused-ring (bicyclic) bond motifs is 1. The standard InChI is InChI=1S/C27H30F4N6OS/c1-17-11-24-20(13-33-37(24)22-7-5-21(28)6-8-22)12-23(17)25-16-36(39(38)26-14-32-34(4)19(26)3)10-9-35(25)15-18(2)27(29,30)31/h5-8,11-14,18,25H,9-10,15-16H2,1-4H3. The topological polar surface area (TPSA) is 59.2 Å². The normalized spacial score (nSPS) is 19.0. The highest BCUT2D eigenvalue weighted by Crippen LogP contribution is 2.35. The Morgan fingerprint density at radius 2 is 1.79 bits per heavy atom. The first kappa shape index (κ1) is 27.5. The van der Waals surface area contributed by atoms with Crippen molar-refractivity contribution in [3.63, 3.8) is 0 Å². The molecule has 2 aromatic heterocycles. The zero-order chi connectivity index (χ0) is 28.1. The molecule has 4 aromatic rings. The summed E-state index contributed by atoms with van der Waals surface area (Å²) in [6.45, 7) is 5.80. The van der Waals surface area contributed by atoms with Gasteiger partial charge in [-0.3, -0.25) is 9.58 Å². The molecule has 0 spiro atoms. The summed E-state index contributed by atoms with van der Waals surface area (Å²) in [6, 6.07) is 9.50. The molecule has 0 N–H and O–H groups in total. The Morgan fingerprint density at radius 3 is 2.44 bits per heavy atom. The number of aryl methyl sites for hydroxylation is 2. The lowest BCUT2D eigenvalue weighted by Crippen LogP contribution is -2.51. The molecule has 1 aliphatic rings.